The van der Waals surface area contributed by atoms with Crippen molar-refractivity contribution in [1.82, 2.24) is 4.57 Å². The van der Waals surface area contributed by atoms with E-state index in [4.69, 9.17) is 18.9 Å². The highest BCUT2D eigenvalue weighted by atomic mass is 16.7. The zero-order valence-corrected chi connectivity index (χ0v) is 21.7. The van der Waals surface area contributed by atoms with Crippen LogP contribution in [0.5, 0.6) is 17.2 Å². The van der Waals surface area contributed by atoms with Crippen LogP contribution in [0, 0.1) is 0 Å². The number of carbonyl (C=O) groups excluding carboxylic acids is 2. The molecular weight excluding hydrogens is 494 g/mol. The average molecular weight is 520 g/mol. The maximum Gasteiger partial charge on any atom is 0.263 e. The molecule has 1 aromatic heterocycles. The van der Waals surface area contributed by atoms with Crippen LogP contribution in [-0.4, -0.2) is 44.4 Å². The largest absolute Gasteiger partial charge is 0.497 e. The second-order valence-electron chi connectivity index (χ2n) is 9.14. The van der Waals surface area contributed by atoms with Gasteiger partial charge in [0.1, 0.15) is 17.2 Å². The number of ketones is 1. The molecule has 0 unspecified atom stereocenters. The lowest BCUT2D eigenvalue weighted by molar-refractivity contribution is 0.0511. The molecule has 6 rings (SSSR count). The first-order chi connectivity index (χ1) is 19.0. The zero-order valence-electron chi connectivity index (χ0n) is 21.7. The van der Waals surface area contributed by atoms with Crippen LogP contribution in [0.4, 0.5) is 0 Å². The van der Waals surface area contributed by atoms with E-state index in [0.29, 0.717) is 50.3 Å². The molecule has 0 N–H and O–H groups in total. The Hall–Kier alpha value is -4.88. The highest BCUT2D eigenvalue weighted by molar-refractivity contribution is 6.26. The lowest BCUT2D eigenvalue weighted by atomic mass is 9.95. The summed E-state index contributed by atoms with van der Waals surface area (Å²) in [6, 6.07) is 25.8. The second-order valence-corrected chi connectivity index (χ2v) is 9.14. The minimum Gasteiger partial charge on any atom is -0.497 e. The van der Waals surface area contributed by atoms with Gasteiger partial charge in [-0.25, -0.2) is 0 Å². The summed E-state index contributed by atoms with van der Waals surface area (Å²) in [5, 5.41) is 0.710. The molecule has 2 heterocycles. The number of hydrogen-bond donors (Lipinski definition) is 0. The van der Waals surface area contributed by atoms with E-state index < -0.39 is 0 Å². The molecular formula is C32H25NO6. The molecule has 39 heavy (non-hydrogen) atoms. The van der Waals surface area contributed by atoms with E-state index in [1.54, 1.807) is 62.3 Å². The molecule has 194 valence electrons. The molecule has 1 aliphatic rings. The number of ether oxygens (including phenoxy) is 4. The Kier molecular flexibility index (Phi) is 6.13. The van der Waals surface area contributed by atoms with Gasteiger partial charge >= 0.3 is 0 Å². The van der Waals surface area contributed by atoms with E-state index in [-0.39, 0.29) is 18.5 Å². The van der Waals surface area contributed by atoms with Crippen molar-refractivity contribution >= 4 is 22.6 Å². The molecule has 0 radical (unpaired) electrons. The smallest absolute Gasteiger partial charge is 0.263 e. The van der Waals surface area contributed by atoms with E-state index in [1.165, 1.54) is 0 Å². The Morgan fingerprint density at radius 1 is 0.718 bits per heavy atom. The van der Waals surface area contributed by atoms with Crippen molar-refractivity contribution in [2.45, 2.75) is 0 Å². The first-order valence-electron chi connectivity index (χ1n) is 12.4. The van der Waals surface area contributed by atoms with Gasteiger partial charge in [0.25, 0.3) is 5.91 Å². The summed E-state index contributed by atoms with van der Waals surface area (Å²) in [5.41, 5.74) is 5.32. The predicted octanol–water partition coefficient (Wildman–Crippen LogP) is 6.21. The third-order valence-corrected chi connectivity index (χ3v) is 6.99. The maximum absolute atomic E-state index is 14.0. The molecule has 0 fully saturated rings. The average Bonchev–Trinajstić information content (AvgIpc) is 3.47. The van der Waals surface area contributed by atoms with Crippen LogP contribution in [0.15, 0.2) is 84.9 Å². The Morgan fingerprint density at radius 3 is 2.08 bits per heavy atom. The topological polar surface area (TPSA) is 76.0 Å². The molecule has 7 heteroatoms. The van der Waals surface area contributed by atoms with Gasteiger partial charge in [-0.15, -0.1) is 0 Å². The Bertz CT molecular complexity index is 1730. The van der Waals surface area contributed by atoms with Gasteiger partial charge in [-0.05, 0) is 71.8 Å². The van der Waals surface area contributed by atoms with Gasteiger partial charge in [0.2, 0.25) is 0 Å². The minimum atomic E-state index is -0.196. The number of nitrogens with zero attached hydrogens (tertiary/aromatic N) is 1. The lowest BCUT2D eigenvalue weighted by Crippen LogP contribution is -2.06. The van der Waals surface area contributed by atoms with Crippen LogP contribution in [0.3, 0.4) is 0 Å². The van der Waals surface area contributed by atoms with Crippen LogP contribution < -0.4 is 14.2 Å². The quantitative estimate of drug-likeness (QED) is 0.176. The number of fused-ring (bicyclic) bond motifs is 5. The van der Waals surface area contributed by atoms with Crippen molar-refractivity contribution in [2.24, 2.45) is 0 Å². The standard InChI is InChI=1S/C32H25NO6/c1-36-18-39-23-11-6-20(7-12-23)31(34)29-26-14-8-21(19-4-9-22(37-2)10-5-19)16-28(26)33-30(29)25-15-13-24(38-3)17-27(25)32(33)35/h4-17H,18H2,1-3H3. The first-order valence-corrected chi connectivity index (χ1v) is 12.4. The fraction of sp³-hybridized carbons (Fsp3) is 0.125. The SMILES string of the molecule is COCOc1ccc(C(=O)c2c3n(c4cc(-c5ccc(OC)cc5)ccc24)C(=O)c2cc(OC)ccc2-3)cc1. The number of benzene rings is 4. The minimum absolute atomic E-state index is 0.115. The highest BCUT2D eigenvalue weighted by Gasteiger charge is 2.35. The zero-order chi connectivity index (χ0) is 27.1. The van der Waals surface area contributed by atoms with Crippen LogP contribution in [0.1, 0.15) is 26.3 Å². The highest BCUT2D eigenvalue weighted by Crippen LogP contribution is 2.44. The normalized spacial score (nSPS) is 11.8. The first kappa shape index (κ1) is 24.5. The molecule has 0 spiro atoms. The molecule has 0 saturated carbocycles. The number of methoxy groups -OCH3 is 3. The molecule has 0 aliphatic carbocycles. The fourth-order valence-electron chi connectivity index (χ4n) is 5.07. The van der Waals surface area contributed by atoms with Crippen molar-refractivity contribution in [2.75, 3.05) is 28.1 Å². The van der Waals surface area contributed by atoms with Crippen LogP contribution in [0.2, 0.25) is 0 Å². The van der Waals surface area contributed by atoms with Gasteiger partial charge < -0.3 is 18.9 Å². The van der Waals surface area contributed by atoms with E-state index in [0.717, 1.165) is 16.9 Å². The molecule has 1 aliphatic heterocycles. The molecule has 4 aromatic carbocycles. The van der Waals surface area contributed by atoms with Gasteiger partial charge in [-0.3, -0.25) is 14.2 Å². The lowest BCUT2D eigenvalue weighted by Gasteiger charge is -2.08. The van der Waals surface area contributed by atoms with Crippen molar-refractivity contribution in [3.8, 4) is 39.6 Å². The monoisotopic (exact) mass is 519 g/mol. The van der Waals surface area contributed by atoms with Crippen molar-refractivity contribution in [3.05, 3.63) is 102 Å². The predicted molar refractivity (Wildman–Crippen MR) is 148 cm³/mol. The van der Waals surface area contributed by atoms with Crippen LogP contribution >= 0.6 is 0 Å². The maximum atomic E-state index is 14.0. The second kappa shape index (κ2) is 9.78. The summed E-state index contributed by atoms with van der Waals surface area (Å²) in [6.45, 7) is 0.115. The van der Waals surface area contributed by atoms with Crippen LogP contribution in [-0.2, 0) is 4.74 Å². The third-order valence-electron chi connectivity index (χ3n) is 6.99. The molecule has 0 atom stereocenters. The summed E-state index contributed by atoms with van der Waals surface area (Å²) >= 11 is 0. The van der Waals surface area contributed by atoms with E-state index in [1.807, 2.05) is 48.5 Å². The van der Waals surface area contributed by atoms with E-state index in [9.17, 15) is 9.59 Å². The Labute approximate surface area is 225 Å². The van der Waals surface area contributed by atoms with Crippen molar-refractivity contribution in [1.29, 1.82) is 0 Å². The van der Waals surface area contributed by atoms with E-state index in [2.05, 4.69) is 0 Å². The summed E-state index contributed by atoms with van der Waals surface area (Å²) < 4.78 is 22.7. The van der Waals surface area contributed by atoms with Gasteiger partial charge in [0.05, 0.1) is 36.6 Å². The summed E-state index contributed by atoms with van der Waals surface area (Å²) in [6.07, 6.45) is 0. The van der Waals surface area contributed by atoms with Crippen LogP contribution in [0.25, 0.3) is 33.3 Å². The number of aromatic nitrogens is 1. The van der Waals surface area contributed by atoms with Crippen molar-refractivity contribution < 1.29 is 28.5 Å². The molecule has 0 amide bonds. The van der Waals surface area contributed by atoms with Gasteiger partial charge in [-0.1, -0.05) is 24.3 Å². The molecule has 5 aromatic rings. The fourth-order valence-corrected chi connectivity index (χ4v) is 5.07. The Morgan fingerprint density at radius 2 is 1.38 bits per heavy atom. The number of carbonyl (C=O) groups is 2. The van der Waals surface area contributed by atoms with Gasteiger partial charge in [0, 0.05) is 23.6 Å². The molecule has 0 saturated heterocycles. The summed E-state index contributed by atoms with van der Waals surface area (Å²) in [4.78, 5) is 27.8. The molecule has 7 nitrogen and oxygen atoms in total. The summed E-state index contributed by atoms with van der Waals surface area (Å²) in [5.74, 6) is 1.56. The van der Waals surface area contributed by atoms with Gasteiger partial charge in [-0.2, -0.15) is 0 Å². The van der Waals surface area contributed by atoms with Gasteiger partial charge in [0.15, 0.2) is 12.6 Å². The molecule has 0 bridgehead atoms. The van der Waals surface area contributed by atoms with E-state index >= 15 is 0 Å². The number of hydrogen-bond acceptors (Lipinski definition) is 6. The summed E-state index contributed by atoms with van der Waals surface area (Å²) in [7, 11) is 4.74. The van der Waals surface area contributed by atoms with Crippen molar-refractivity contribution in [3.63, 3.8) is 0 Å². The Balaban J connectivity index is 1.54. The third kappa shape index (κ3) is 4.04. The number of rotatable bonds is 8.